The Bertz CT molecular complexity index is 599. The minimum Gasteiger partial charge on any atom is -0.496 e. The van der Waals surface area contributed by atoms with Crippen molar-refractivity contribution in [3.8, 4) is 11.5 Å². The third-order valence-electron chi connectivity index (χ3n) is 4.12. The molecule has 1 saturated heterocycles. The molecule has 1 aliphatic heterocycles. The van der Waals surface area contributed by atoms with E-state index >= 15 is 0 Å². The van der Waals surface area contributed by atoms with Crippen LogP contribution in [0.1, 0.15) is 26.3 Å². The molecule has 0 bridgehead atoms. The highest BCUT2D eigenvalue weighted by molar-refractivity contribution is 9.10. The molecular weight excluding hydrogens is 388 g/mol. The van der Waals surface area contributed by atoms with Crippen LogP contribution in [0.25, 0.3) is 0 Å². The van der Waals surface area contributed by atoms with Crippen molar-refractivity contribution in [3.05, 3.63) is 22.2 Å². The number of hydrogen-bond donors (Lipinski definition) is 0. The van der Waals surface area contributed by atoms with Gasteiger partial charge >= 0.3 is 6.09 Å². The molecule has 0 atom stereocenters. The molecule has 1 aliphatic rings. The molecule has 1 heterocycles. The number of halogens is 1. The minimum atomic E-state index is -0.479. The molecule has 1 amide bonds. The zero-order valence-corrected chi connectivity index (χ0v) is 17.3. The molecule has 0 saturated carbocycles. The van der Waals surface area contributed by atoms with Crippen molar-refractivity contribution in [1.29, 1.82) is 0 Å². The van der Waals surface area contributed by atoms with Crippen molar-refractivity contribution in [3.63, 3.8) is 0 Å². The van der Waals surface area contributed by atoms with Gasteiger partial charge in [0.05, 0.1) is 25.8 Å². The average Bonchev–Trinajstić information content (AvgIpc) is 2.48. The van der Waals surface area contributed by atoms with Crippen molar-refractivity contribution in [2.75, 3.05) is 34.4 Å². The van der Waals surface area contributed by atoms with Gasteiger partial charge in [0.25, 0.3) is 0 Å². The Morgan fingerprint density at radius 1 is 1.24 bits per heavy atom. The summed E-state index contributed by atoms with van der Waals surface area (Å²) in [6.07, 6.45) is -0.282. The molecule has 0 radical (unpaired) electrons. The molecular formula is C18H27BrN2O4. The number of likely N-dealkylation sites (tertiary alicyclic amines) is 1. The van der Waals surface area contributed by atoms with Crippen molar-refractivity contribution < 1.29 is 19.0 Å². The summed E-state index contributed by atoms with van der Waals surface area (Å²) in [4.78, 5) is 16.1. The number of nitrogens with zero attached hydrogens (tertiary/aromatic N) is 2. The minimum absolute atomic E-state index is 0.155. The molecule has 6 nitrogen and oxygen atoms in total. The highest BCUT2D eigenvalue weighted by Crippen LogP contribution is 2.35. The number of benzene rings is 1. The fourth-order valence-corrected chi connectivity index (χ4v) is 3.15. The molecule has 1 fully saturated rings. The van der Waals surface area contributed by atoms with Crippen LogP contribution in [0.3, 0.4) is 0 Å². The van der Waals surface area contributed by atoms with Crippen molar-refractivity contribution in [1.82, 2.24) is 9.80 Å². The molecule has 0 aliphatic carbocycles. The highest BCUT2D eigenvalue weighted by Gasteiger charge is 2.35. The second-order valence-electron chi connectivity index (χ2n) is 7.23. The summed E-state index contributed by atoms with van der Waals surface area (Å²) in [5, 5.41) is 0. The molecule has 0 unspecified atom stereocenters. The maximum atomic E-state index is 12.1. The molecule has 2 rings (SSSR count). The van der Waals surface area contributed by atoms with Crippen LogP contribution >= 0.6 is 15.9 Å². The molecule has 0 spiro atoms. The average molecular weight is 415 g/mol. The zero-order chi connectivity index (χ0) is 18.8. The number of methoxy groups -OCH3 is 2. The van der Waals surface area contributed by atoms with Gasteiger partial charge in [0.15, 0.2) is 0 Å². The Balaban J connectivity index is 1.97. The van der Waals surface area contributed by atoms with E-state index in [0.717, 1.165) is 34.6 Å². The molecule has 0 N–H and O–H groups in total. The third kappa shape index (κ3) is 5.01. The topological polar surface area (TPSA) is 51.2 Å². The van der Waals surface area contributed by atoms with Crippen molar-refractivity contribution in [2.45, 2.75) is 39.0 Å². The van der Waals surface area contributed by atoms with E-state index in [4.69, 9.17) is 14.2 Å². The maximum Gasteiger partial charge on any atom is 0.410 e. The van der Waals surface area contributed by atoms with E-state index in [1.54, 1.807) is 26.2 Å². The van der Waals surface area contributed by atoms with Crippen LogP contribution < -0.4 is 9.47 Å². The fraction of sp³-hybridized carbons (Fsp3) is 0.611. The predicted octanol–water partition coefficient (Wildman–Crippen LogP) is 3.52. The van der Waals surface area contributed by atoms with Crippen molar-refractivity contribution in [2.24, 2.45) is 0 Å². The summed E-state index contributed by atoms with van der Waals surface area (Å²) in [5.41, 5.74) is 0.527. The highest BCUT2D eigenvalue weighted by atomic mass is 79.9. The number of likely N-dealkylation sites (N-methyl/N-ethyl adjacent to an activating group) is 1. The number of amides is 1. The van der Waals surface area contributed by atoms with Crippen LogP contribution in [-0.4, -0.2) is 61.9 Å². The van der Waals surface area contributed by atoms with Gasteiger partial charge in [0.2, 0.25) is 0 Å². The predicted molar refractivity (Wildman–Crippen MR) is 100 cm³/mol. The van der Waals surface area contributed by atoms with Crippen LogP contribution in [-0.2, 0) is 11.3 Å². The van der Waals surface area contributed by atoms with Crippen LogP contribution in [0, 0.1) is 0 Å². The van der Waals surface area contributed by atoms with Gasteiger partial charge in [-0.15, -0.1) is 0 Å². The molecule has 140 valence electrons. The molecule has 7 heteroatoms. The monoisotopic (exact) mass is 414 g/mol. The summed E-state index contributed by atoms with van der Waals surface area (Å²) >= 11 is 3.46. The van der Waals surface area contributed by atoms with Gasteiger partial charge in [-0.1, -0.05) is 15.9 Å². The maximum absolute atomic E-state index is 12.1. The second-order valence-corrected chi connectivity index (χ2v) is 8.14. The number of ether oxygens (including phenoxy) is 3. The first kappa shape index (κ1) is 19.8. The number of carbonyl (C=O) groups is 1. The van der Waals surface area contributed by atoms with Gasteiger partial charge in [-0.25, -0.2) is 4.79 Å². The Labute approximate surface area is 158 Å². The summed E-state index contributed by atoms with van der Waals surface area (Å²) in [7, 11) is 5.09. The Kier molecular flexibility index (Phi) is 6.21. The number of carbonyl (C=O) groups excluding carboxylic acids is 1. The smallest absolute Gasteiger partial charge is 0.410 e. The first-order chi connectivity index (χ1) is 11.6. The zero-order valence-electron chi connectivity index (χ0n) is 15.8. The fourth-order valence-electron chi connectivity index (χ4n) is 2.73. The van der Waals surface area contributed by atoms with Crippen LogP contribution in [0.15, 0.2) is 16.6 Å². The Morgan fingerprint density at radius 2 is 1.76 bits per heavy atom. The van der Waals surface area contributed by atoms with Gasteiger partial charge in [-0.2, -0.15) is 0 Å². The van der Waals surface area contributed by atoms with E-state index in [1.165, 1.54) is 0 Å². The Hall–Kier alpha value is -1.47. The van der Waals surface area contributed by atoms with Crippen LogP contribution in [0.4, 0.5) is 4.79 Å². The number of hydrogen-bond acceptors (Lipinski definition) is 5. The standard InChI is InChI=1S/C18H27BrN2O4/c1-18(2,3)25-17(22)20(4)13-9-21(10-13)11-14-15(23-5)7-12(19)8-16(14)24-6/h7-8,13H,9-11H2,1-6H3. The second kappa shape index (κ2) is 7.83. The van der Waals surface area contributed by atoms with E-state index < -0.39 is 5.60 Å². The molecule has 25 heavy (non-hydrogen) atoms. The summed E-state index contributed by atoms with van der Waals surface area (Å²) in [5.74, 6) is 1.57. The van der Waals surface area contributed by atoms with E-state index in [9.17, 15) is 4.79 Å². The van der Waals surface area contributed by atoms with E-state index in [2.05, 4.69) is 20.8 Å². The lowest BCUT2D eigenvalue weighted by atomic mass is 10.1. The van der Waals surface area contributed by atoms with Gasteiger partial charge in [0, 0.05) is 31.2 Å². The van der Waals surface area contributed by atoms with Gasteiger partial charge in [0.1, 0.15) is 17.1 Å². The lowest BCUT2D eigenvalue weighted by Gasteiger charge is -2.44. The Morgan fingerprint density at radius 3 is 2.20 bits per heavy atom. The summed E-state index contributed by atoms with van der Waals surface area (Å²) in [6, 6.07) is 4.02. The summed E-state index contributed by atoms with van der Waals surface area (Å²) in [6.45, 7) is 7.90. The van der Waals surface area contributed by atoms with Crippen LogP contribution in [0.5, 0.6) is 11.5 Å². The van der Waals surface area contributed by atoms with E-state index in [0.29, 0.717) is 6.54 Å². The van der Waals surface area contributed by atoms with Crippen molar-refractivity contribution >= 4 is 22.0 Å². The van der Waals surface area contributed by atoms with Gasteiger partial charge < -0.3 is 19.1 Å². The lowest BCUT2D eigenvalue weighted by molar-refractivity contribution is -0.00602. The largest absolute Gasteiger partial charge is 0.496 e. The lowest BCUT2D eigenvalue weighted by Crippen LogP contribution is -2.59. The third-order valence-corrected chi connectivity index (χ3v) is 4.58. The normalized spacial score (nSPS) is 15.5. The van der Waals surface area contributed by atoms with Crippen LogP contribution in [0.2, 0.25) is 0 Å². The van der Waals surface area contributed by atoms with E-state index in [-0.39, 0.29) is 12.1 Å². The quantitative estimate of drug-likeness (QED) is 0.737. The van der Waals surface area contributed by atoms with Gasteiger partial charge in [-0.05, 0) is 32.9 Å². The first-order valence-corrected chi connectivity index (χ1v) is 9.02. The molecule has 1 aromatic rings. The SMILES string of the molecule is COc1cc(Br)cc(OC)c1CN1CC(N(C)C(=O)OC(C)(C)C)C1. The van der Waals surface area contributed by atoms with E-state index in [1.807, 2.05) is 32.9 Å². The van der Waals surface area contributed by atoms with Gasteiger partial charge in [-0.3, -0.25) is 4.90 Å². The molecule has 1 aromatic carbocycles. The molecule has 0 aromatic heterocycles. The summed E-state index contributed by atoms with van der Waals surface area (Å²) < 4.78 is 17.3. The first-order valence-electron chi connectivity index (χ1n) is 8.23. The number of rotatable bonds is 5.